The highest BCUT2D eigenvalue weighted by Gasteiger charge is 2.21. The SMILES string of the molecule is Cc1cccc(NC(=O)NCC(=O)N(CC(=O)Oc2ccccc2)c2ccccc2)c1. The predicted octanol–water partition coefficient (Wildman–Crippen LogP) is 3.76. The number of ether oxygens (including phenoxy) is 1. The van der Waals surface area contributed by atoms with Crippen LogP contribution in [0.3, 0.4) is 0 Å². The van der Waals surface area contributed by atoms with Crippen molar-refractivity contribution in [3.63, 3.8) is 0 Å². The van der Waals surface area contributed by atoms with Crippen molar-refractivity contribution >= 4 is 29.3 Å². The molecular formula is C24H23N3O4. The van der Waals surface area contributed by atoms with Crippen LogP contribution >= 0.6 is 0 Å². The summed E-state index contributed by atoms with van der Waals surface area (Å²) in [5, 5.41) is 5.21. The molecule has 7 nitrogen and oxygen atoms in total. The number of nitrogens with zero attached hydrogens (tertiary/aromatic N) is 1. The monoisotopic (exact) mass is 417 g/mol. The molecule has 2 N–H and O–H groups in total. The van der Waals surface area contributed by atoms with E-state index in [0.29, 0.717) is 17.1 Å². The molecule has 0 unspecified atom stereocenters. The number of anilines is 2. The summed E-state index contributed by atoms with van der Waals surface area (Å²) < 4.78 is 5.30. The van der Waals surface area contributed by atoms with Crippen LogP contribution in [0.4, 0.5) is 16.2 Å². The fraction of sp³-hybridized carbons (Fsp3) is 0.125. The van der Waals surface area contributed by atoms with Gasteiger partial charge in [-0.2, -0.15) is 0 Å². The van der Waals surface area contributed by atoms with Crippen LogP contribution in [0, 0.1) is 6.92 Å². The standard InChI is InChI=1S/C24H23N3O4/c1-18-9-8-10-19(15-18)26-24(30)25-16-22(28)27(20-11-4-2-5-12-20)17-23(29)31-21-13-6-3-7-14-21/h2-15H,16-17H2,1H3,(H2,25,26,30). The predicted molar refractivity (Wildman–Crippen MR) is 119 cm³/mol. The van der Waals surface area contributed by atoms with E-state index in [0.717, 1.165) is 5.56 Å². The van der Waals surface area contributed by atoms with Gasteiger partial charge >= 0.3 is 12.0 Å². The van der Waals surface area contributed by atoms with Gasteiger partial charge in [-0.1, -0.05) is 48.5 Å². The van der Waals surface area contributed by atoms with E-state index in [4.69, 9.17) is 4.74 Å². The largest absolute Gasteiger partial charge is 0.425 e. The number of nitrogens with one attached hydrogen (secondary N) is 2. The molecular weight excluding hydrogens is 394 g/mol. The Kier molecular flexibility index (Phi) is 7.37. The van der Waals surface area contributed by atoms with Crippen molar-refractivity contribution in [1.29, 1.82) is 0 Å². The van der Waals surface area contributed by atoms with E-state index in [2.05, 4.69) is 10.6 Å². The molecule has 0 fully saturated rings. The van der Waals surface area contributed by atoms with Crippen LogP contribution in [0.1, 0.15) is 5.56 Å². The molecule has 3 amide bonds. The Balaban J connectivity index is 1.62. The molecule has 0 radical (unpaired) electrons. The Labute approximate surface area is 180 Å². The zero-order chi connectivity index (χ0) is 22.1. The number of para-hydroxylation sites is 2. The Morgan fingerprint density at radius 1 is 0.871 bits per heavy atom. The summed E-state index contributed by atoms with van der Waals surface area (Å²) in [7, 11) is 0. The number of esters is 1. The zero-order valence-corrected chi connectivity index (χ0v) is 17.1. The normalized spacial score (nSPS) is 10.1. The first-order chi connectivity index (χ1) is 15.0. The van der Waals surface area contributed by atoms with Crippen LogP contribution in [0.25, 0.3) is 0 Å². The lowest BCUT2D eigenvalue weighted by Gasteiger charge is -2.22. The highest BCUT2D eigenvalue weighted by atomic mass is 16.5. The molecule has 3 aromatic carbocycles. The van der Waals surface area contributed by atoms with E-state index in [1.807, 2.05) is 37.3 Å². The second-order valence-electron chi connectivity index (χ2n) is 6.78. The van der Waals surface area contributed by atoms with Crippen LogP contribution < -0.4 is 20.3 Å². The van der Waals surface area contributed by atoms with Gasteiger partial charge < -0.3 is 15.4 Å². The first-order valence-electron chi connectivity index (χ1n) is 9.74. The molecule has 158 valence electrons. The zero-order valence-electron chi connectivity index (χ0n) is 17.1. The fourth-order valence-electron chi connectivity index (χ4n) is 2.86. The third kappa shape index (κ3) is 6.71. The number of hydrogen-bond acceptors (Lipinski definition) is 4. The Hall–Kier alpha value is -4.13. The Morgan fingerprint density at radius 2 is 1.55 bits per heavy atom. The van der Waals surface area contributed by atoms with Gasteiger partial charge in [-0.15, -0.1) is 0 Å². The molecule has 0 heterocycles. The van der Waals surface area contributed by atoms with Crippen molar-refractivity contribution in [2.24, 2.45) is 0 Å². The van der Waals surface area contributed by atoms with Gasteiger partial charge in [0.25, 0.3) is 0 Å². The summed E-state index contributed by atoms with van der Waals surface area (Å²) in [6.07, 6.45) is 0. The van der Waals surface area contributed by atoms with E-state index in [-0.39, 0.29) is 13.1 Å². The highest BCUT2D eigenvalue weighted by molar-refractivity contribution is 6.01. The van der Waals surface area contributed by atoms with E-state index in [1.54, 1.807) is 54.6 Å². The molecule has 0 bridgehead atoms. The molecule has 0 aromatic heterocycles. The summed E-state index contributed by atoms with van der Waals surface area (Å²) in [6, 6.07) is 24.2. The Bertz CT molecular complexity index is 1040. The van der Waals surface area contributed by atoms with Gasteiger partial charge in [0.05, 0.1) is 6.54 Å². The molecule has 0 aliphatic carbocycles. The summed E-state index contributed by atoms with van der Waals surface area (Å²) in [6.45, 7) is 1.34. The van der Waals surface area contributed by atoms with Gasteiger partial charge in [0, 0.05) is 11.4 Å². The number of carbonyl (C=O) groups excluding carboxylic acids is 3. The quantitative estimate of drug-likeness (QED) is 0.453. The van der Waals surface area contributed by atoms with Gasteiger partial charge in [0.2, 0.25) is 5.91 Å². The Morgan fingerprint density at radius 3 is 2.23 bits per heavy atom. The highest BCUT2D eigenvalue weighted by Crippen LogP contribution is 2.15. The minimum atomic E-state index is -0.590. The van der Waals surface area contributed by atoms with Crippen molar-refractivity contribution in [3.05, 3.63) is 90.5 Å². The molecule has 0 saturated heterocycles. The number of urea groups is 1. The van der Waals surface area contributed by atoms with Crippen molar-refractivity contribution in [2.75, 3.05) is 23.3 Å². The van der Waals surface area contributed by atoms with Crippen molar-refractivity contribution in [1.82, 2.24) is 5.32 Å². The van der Waals surface area contributed by atoms with Gasteiger partial charge in [0.1, 0.15) is 12.3 Å². The molecule has 31 heavy (non-hydrogen) atoms. The second kappa shape index (κ2) is 10.6. The van der Waals surface area contributed by atoms with Crippen LogP contribution in [-0.4, -0.2) is 31.0 Å². The van der Waals surface area contributed by atoms with Crippen LogP contribution in [-0.2, 0) is 9.59 Å². The minimum absolute atomic E-state index is 0.287. The van der Waals surface area contributed by atoms with Crippen LogP contribution in [0.15, 0.2) is 84.9 Å². The van der Waals surface area contributed by atoms with Crippen LogP contribution in [0.2, 0.25) is 0 Å². The van der Waals surface area contributed by atoms with Gasteiger partial charge in [-0.05, 0) is 48.9 Å². The van der Waals surface area contributed by atoms with E-state index in [9.17, 15) is 14.4 Å². The molecule has 0 aliphatic heterocycles. The average molecular weight is 417 g/mol. The lowest BCUT2D eigenvalue weighted by molar-refractivity contribution is -0.134. The average Bonchev–Trinajstić information content (AvgIpc) is 2.77. The lowest BCUT2D eigenvalue weighted by Crippen LogP contribution is -2.44. The number of benzene rings is 3. The maximum absolute atomic E-state index is 12.8. The fourth-order valence-corrected chi connectivity index (χ4v) is 2.86. The van der Waals surface area contributed by atoms with Gasteiger partial charge in [-0.25, -0.2) is 9.59 Å². The molecule has 0 atom stereocenters. The maximum atomic E-state index is 12.8. The number of rotatable bonds is 7. The van der Waals surface area contributed by atoms with E-state index in [1.165, 1.54) is 4.90 Å². The second-order valence-corrected chi connectivity index (χ2v) is 6.78. The molecule has 0 spiro atoms. The summed E-state index contributed by atoms with van der Waals surface area (Å²) >= 11 is 0. The number of amides is 3. The topological polar surface area (TPSA) is 87.7 Å². The smallest absolute Gasteiger partial charge is 0.331 e. The maximum Gasteiger partial charge on any atom is 0.331 e. The molecule has 3 rings (SSSR count). The number of aryl methyl sites for hydroxylation is 1. The molecule has 7 heteroatoms. The molecule has 0 saturated carbocycles. The minimum Gasteiger partial charge on any atom is -0.425 e. The summed E-state index contributed by atoms with van der Waals surface area (Å²) in [4.78, 5) is 38.7. The number of hydrogen-bond donors (Lipinski definition) is 2. The first kappa shape index (κ1) is 21.6. The van der Waals surface area contributed by atoms with Gasteiger partial charge in [0.15, 0.2) is 0 Å². The van der Waals surface area contributed by atoms with Crippen LogP contribution in [0.5, 0.6) is 5.75 Å². The van der Waals surface area contributed by atoms with E-state index < -0.39 is 17.9 Å². The molecule has 3 aromatic rings. The number of carbonyl (C=O) groups is 3. The van der Waals surface area contributed by atoms with Crippen molar-refractivity contribution < 1.29 is 19.1 Å². The third-order valence-electron chi connectivity index (χ3n) is 4.31. The first-order valence-corrected chi connectivity index (χ1v) is 9.74. The third-order valence-corrected chi connectivity index (χ3v) is 4.31. The molecule has 0 aliphatic rings. The van der Waals surface area contributed by atoms with Crippen molar-refractivity contribution in [2.45, 2.75) is 6.92 Å². The van der Waals surface area contributed by atoms with E-state index >= 15 is 0 Å². The lowest BCUT2D eigenvalue weighted by atomic mass is 10.2. The summed E-state index contributed by atoms with van der Waals surface area (Å²) in [5.74, 6) is -0.646. The van der Waals surface area contributed by atoms with Gasteiger partial charge in [-0.3, -0.25) is 9.69 Å². The van der Waals surface area contributed by atoms with Crippen molar-refractivity contribution in [3.8, 4) is 5.75 Å². The summed E-state index contributed by atoms with van der Waals surface area (Å²) in [5.41, 5.74) is 2.15.